The predicted octanol–water partition coefficient (Wildman–Crippen LogP) is 7.89. The van der Waals surface area contributed by atoms with Gasteiger partial charge in [0.1, 0.15) is 6.61 Å². The van der Waals surface area contributed by atoms with Crippen molar-refractivity contribution in [3.63, 3.8) is 0 Å². The van der Waals surface area contributed by atoms with Crippen LogP contribution in [0.5, 0.6) is 0 Å². The van der Waals surface area contributed by atoms with E-state index in [2.05, 4.69) is 10.3 Å². The van der Waals surface area contributed by atoms with Crippen LogP contribution in [-0.2, 0) is 30.4 Å². The predicted molar refractivity (Wildman–Crippen MR) is 164 cm³/mol. The third-order valence-electron chi connectivity index (χ3n) is 8.62. The van der Waals surface area contributed by atoms with Gasteiger partial charge in [0.05, 0.1) is 28.6 Å². The number of aryl methyl sites for hydroxylation is 4. The van der Waals surface area contributed by atoms with Crippen molar-refractivity contribution in [3.05, 3.63) is 58.2 Å². The summed E-state index contributed by atoms with van der Waals surface area (Å²) in [5.41, 5.74) is 5.20. The van der Waals surface area contributed by atoms with E-state index in [4.69, 9.17) is 9.72 Å². The smallest absolute Gasteiger partial charge is 0.340 e. The van der Waals surface area contributed by atoms with Crippen LogP contribution in [0.4, 0.5) is 0 Å². The van der Waals surface area contributed by atoms with Crippen molar-refractivity contribution in [2.45, 2.75) is 141 Å². The summed E-state index contributed by atoms with van der Waals surface area (Å²) in [5, 5.41) is 3.08. The first-order chi connectivity index (χ1) is 20.1. The standard InChI is InChI=1S/C35H51N3O3/c1-27(38-34(39)30-22-28-18-14-10-6-2-4-8-12-16-20-32(30)36-24-28)26-41-35(40)31-23-29-19-15-11-7-3-5-9-13-17-21-33(31)37-25-29/h22-25,27H,2-21,26H2,1H3,(H,38,39)/t27-/m0/s1. The van der Waals surface area contributed by atoms with E-state index in [9.17, 15) is 9.59 Å². The molecule has 0 fully saturated rings. The van der Waals surface area contributed by atoms with Gasteiger partial charge in [0.2, 0.25) is 0 Å². The van der Waals surface area contributed by atoms with Crippen LogP contribution in [-0.4, -0.2) is 34.5 Å². The fourth-order valence-corrected chi connectivity index (χ4v) is 6.10. The van der Waals surface area contributed by atoms with Gasteiger partial charge in [0.15, 0.2) is 0 Å². The molecule has 4 bridgehead atoms. The minimum atomic E-state index is -0.340. The highest BCUT2D eigenvalue weighted by atomic mass is 16.5. The minimum Gasteiger partial charge on any atom is -0.460 e. The first-order valence-corrected chi connectivity index (χ1v) is 16.5. The molecular weight excluding hydrogens is 510 g/mol. The summed E-state index contributed by atoms with van der Waals surface area (Å²) in [7, 11) is 0. The second-order valence-electron chi connectivity index (χ2n) is 12.3. The molecule has 41 heavy (non-hydrogen) atoms. The Hall–Kier alpha value is -2.76. The molecular formula is C35H51N3O3. The maximum absolute atomic E-state index is 13.4. The lowest BCUT2D eigenvalue weighted by Gasteiger charge is -2.17. The Kier molecular flexibility index (Phi) is 13.1. The average molecular weight is 562 g/mol. The fourth-order valence-electron chi connectivity index (χ4n) is 6.10. The van der Waals surface area contributed by atoms with Gasteiger partial charge in [-0.3, -0.25) is 14.8 Å². The van der Waals surface area contributed by atoms with Crippen molar-refractivity contribution in [1.29, 1.82) is 0 Å². The van der Waals surface area contributed by atoms with Crippen molar-refractivity contribution >= 4 is 11.9 Å². The maximum atomic E-state index is 13.4. The molecule has 6 heteroatoms. The summed E-state index contributed by atoms with van der Waals surface area (Å²) < 4.78 is 5.76. The maximum Gasteiger partial charge on any atom is 0.340 e. The highest BCUT2D eigenvalue weighted by Gasteiger charge is 2.20. The van der Waals surface area contributed by atoms with E-state index in [1.54, 1.807) is 0 Å². The Morgan fingerprint density at radius 3 is 1.59 bits per heavy atom. The van der Waals surface area contributed by atoms with E-state index in [0.717, 1.165) is 73.9 Å². The molecule has 0 saturated heterocycles. The van der Waals surface area contributed by atoms with Gasteiger partial charge in [0.25, 0.3) is 5.91 Å². The van der Waals surface area contributed by atoms with Crippen LogP contribution in [0.25, 0.3) is 0 Å². The van der Waals surface area contributed by atoms with Gasteiger partial charge in [0, 0.05) is 12.4 Å². The number of nitrogens with one attached hydrogen (secondary N) is 1. The van der Waals surface area contributed by atoms with E-state index in [1.165, 1.54) is 77.0 Å². The lowest BCUT2D eigenvalue weighted by molar-refractivity contribution is 0.0462. The number of rotatable bonds is 5. The lowest BCUT2D eigenvalue weighted by atomic mass is 9.99. The normalized spacial score (nSPS) is 18.6. The minimum absolute atomic E-state index is 0.122. The van der Waals surface area contributed by atoms with Crippen LogP contribution in [0.2, 0.25) is 0 Å². The van der Waals surface area contributed by atoms with E-state index in [0.29, 0.717) is 11.1 Å². The number of carbonyl (C=O) groups is 2. The molecule has 2 aromatic rings. The summed E-state index contributed by atoms with van der Waals surface area (Å²) in [4.78, 5) is 36.0. The van der Waals surface area contributed by atoms with Crippen molar-refractivity contribution in [2.75, 3.05) is 6.61 Å². The van der Waals surface area contributed by atoms with Crippen molar-refractivity contribution in [3.8, 4) is 0 Å². The van der Waals surface area contributed by atoms with Crippen molar-refractivity contribution in [1.82, 2.24) is 15.3 Å². The summed E-state index contributed by atoms with van der Waals surface area (Å²) in [6, 6.07) is 3.71. The molecule has 224 valence electrons. The number of carbonyl (C=O) groups excluding carboxylic acids is 2. The van der Waals surface area contributed by atoms with Crippen molar-refractivity contribution in [2.24, 2.45) is 0 Å². The van der Waals surface area contributed by atoms with Crippen LogP contribution in [0.1, 0.15) is 153 Å². The molecule has 0 unspecified atom stereocenters. The van der Waals surface area contributed by atoms with Gasteiger partial charge in [-0.2, -0.15) is 0 Å². The number of esters is 1. The van der Waals surface area contributed by atoms with Gasteiger partial charge in [-0.15, -0.1) is 0 Å². The Balaban J connectivity index is 1.37. The fraction of sp³-hybridized carbons (Fsp3) is 0.657. The third kappa shape index (κ3) is 10.5. The molecule has 0 saturated carbocycles. The molecule has 1 amide bonds. The third-order valence-corrected chi connectivity index (χ3v) is 8.62. The molecule has 2 aliphatic heterocycles. The van der Waals surface area contributed by atoms with Gasteiger partial charge in [-0.1, -0.05) is 77.0 Å². The number of hydrogen-bond acceptors (Lipinski definition) is 5. The molecule has 1 atom stereocenters. The number of pyridine rings is 2. The zero-order valence-electron chi connectivity index (χ0n) is 25.4. The summed E-state index contributed by atoms with van der Waals surface area (Å²) >= 11 is 0. The van der Waals surface area contributed by atoms with E-state index in [1.807, 2.05) is 31.5 Å². The zero-order valence-corrected chi connectivity index (χ0v) is 25.4. The second kappa shape index (κ2) is 17.3. The summed E-state index contributed by atoms with van der Waals surface area (Å²) in [6.45, 7) is 2.01. The van der Waals surface area contributed by atoms with Gasteiger partial charge < -0.3 is 10.1 Å². The molecule has 0 radical (unpaired) electrons. The SMILES string of the molecule is C[C@@H](COC(=O)c1cc2cnc1CCCCCCCCCC2)NC(=O)c1cc2cnc1CCCCCCCCCC2. The van der Waals surface area contributed by atoms with Crippen LogP contribution in [0.15, 0.2) is 24.5 Å². The molecule has 4 heterocycles. The van der Waals surface area contributed by atoms with Crippen LogP contribution >= 0.6 is 0 Å². The van der Waals surface area contributed by atoms with Crippen LogP contribution < -0.4 is 5.32 Å². The number of nitrogens with zero attached hydrogens (tertiary/aromatic N) is 2. The molecule has 2 aliphatic carbocycles. The Labute approximate surface area is 247 Å². The highest BCUT2D eigenvalue weighted by molar-refractivity contribution is 5.95. The number of fused-ring (bicyclic) bond motifs is 22. The largest absolute Gasteiger partial charge is 0.460 e. The average Bonchev–Trinajstić information content (AvgIpc) is 2.98. The first kappa shape index (κ1) is 31.2. The zero-order chi connectivity index (χ0) is 28.7. The van der Waals surface area contributed by atoms with Gasteiger partial charge >= 0.3 is 5.97 Å². The topological polar surface area (TPSA) is 81.2 Å². The quantitative estimate of drug-likeness (QED) is 0.375. The lowest BCUT2D eigenvalue weighted by Crippen LogP contribution is -2.37. The first-order valence-electron chi connectivity index (χ1n) is 16.5. The summed E-state index contributed by atoms with van der Waals surface area (Å²) in [6.07, 6.45) is 26.8. The molecule has 6 nitrogen and oxygen atoms in total. The van der Waals surface area contributed by atoms with Crippen LogP contribution in [0, 0.1) is 0 Å². The van der Waals surface area contributed by atoms with Gasteiger partial charge in [-0.25, -0.2) is 4.79 Å². The van der Waals surface area contributed by atoms with Gasteiger partial charge in [-0.05, 0) is 81.5 Å². The molecule has 4 aliphatic rings. The molecule has 1 N–H and O–H groups in total. The van der Waals surface area contributed by atoms with E-state index in [-0.39, 0.29) is 24.5 Å². The Morgan fingerprint density at radius 1 is 0.659 bits per heavy atom. The second-order valence-corrected chi connectivity index (χ2v) is 12.3. The Morgan fingerprint density at radius 2 is 1.07 bits per heavy atom. The monoisotopic (exact) mass is 561 g/mol. The molecule has 0 aromatic carbocycles. The van der Waals surface area contributed by atoms with Crippen LogP contribution in [0.3, 0.4) is 0 Å². The van der Waals surface area contributed by atoms with E-state index < -0.39 is 0 Å². The number of aromatic nitrogens is 2. The number of amides is 1. The molecule has 0 spiro atoms. The number of ether oxygens (including phenoxy) is 1. The number of hydrogen-bond donors (Lipinski definition) is 1. The molecule has 6 rings (SSSR count). The molecule has 2 aromatic heterocycles. The Bertz CT molecular complexity index is 1120. The highest BCUT2D eigenvalue weighted by Crippen LogP contribution is 2.20. The van der Waals surface area contributed by atoms with E-state index >= 15 is 0 Å². The summed E-state index contributed by atoms with van der Waals surface area (Å²) in [5.74, 6) is -0.468. The van der Waals surface area contributed by atoms with Crippen molar-refractivity contribution < 1.29 is 14.3 Å².